The Balaban J connectivity index is 2.14. The van der Waals surface area contributed by atoms with Crippen LogP contribution < -0.4 is 10.6 Å². The van der Waals surface area contributed by atoms with E-state index >= 15 is 0 Å². The topological polar surface area (TPSA) is 49.8 Å². The van der Waals surface area contributed by atoms with E-state index in [9.17, 15) is 0 Å². The summed E-state index contributed by atoms with van der Waals surface area (Å²) in [6, 6.07) is 0. The largest absolute Gasteiger partial charge is 0.370 e. The zero-order valence-electron chi connectivity index (χ0n) is 14.2. The monoisotopic (exact) mass is 290 g/mol. The molecule has 0 spiro atoms. The first-order chi connectivity index (χ1) is 9.91. The summed E-state index contributed by atoms with van der Waals surface area (Å²) in [5.41, 5.74) is 1.08. The van der Waals surface area contributed by atoms with Crippen molar-refractivity contribution in [3.8, 4) is 0 Å². The van der Waals surface area contributed by atoms with Crippen LogP contribution in [0.1, 0.15) is 64.8 Å². The molecule has 2 rings (SSSR count). The number of aromatic nitrogens is 2. The third-order valence-corrected chi connectivity index (χ3v) is 4.23. The molecule has 1 aromatic rings. The smallest absolute Gasteiger partial charge is 0.138 e. The van der Waals surface area contributed by atoms with E-state index in [4.69, 9.17) is 9.97 Å². The standard InChI is InChI=1S/C17H30N4/c1-6-18-14-12(2)15(19-11-10-13-8-7-9-13)21-16(20-14)17(3,4)5/h13H,6-11H2,1-5H3,(H2,18,19,20,21). The fourth-order valence-electron chi connectivity index (χ4n) is 2.54. The van der Waals surface area contributed by atoms with Crippen LogP contribution >= 0.6 is 0 Å². The summed E-state index contributed by atoms with van der Waals surface area (Å²) in [7, 11) is 0. The Bertz CT molecular complexity index is 472. The summed E-state index contributed by atoms with van der Waals surface area (Å²) in [6.07, 6.45) is 5.47. The molecule has 1 aliphatic carbocycles. The number of hydrogen-bond acceptors (Lipinski definition) is 4. The highest BCUT2D eigenvalue weighted by Gasteiger charge is 2.21. The van der Waals surface area contributed by atoms with Gasteiger partial charge in [0.05, 0.1) is 0 Å². The van der Waals surface area contributed by atoms with Crippen molar-refractivity contribution >= 4 is 11.6 Å². The number of nitrogens with one attached hydrogen (secondary N) is 2. The molecule has 1 heterocycles. The average molecular weight is 290 g/mol. The Morgan fingerprint density at radius 3 is 2.19 bits per heavy atom. The molecule has 1 saturated carbocycles. The van der Waals surface area contributed by atoms with Crippen molar-refractivity contribution in [3.63, 3.8) is 0 Å². The molecular weight excluding hydrogens is 260 g/mol. The third-order valence-electron chi connectivity index (χ3n) is 4.23. The van der Waals surface area contributed by atoms with E-state index in [0.717, 1.165) is 42.0 Å². The molecule has 0 radical (unpaired) electrons. The van der Waals surface area contributed by atoms with E-state index in [-0.39, 0.29) is 5.41 Å². The predicted octanol–water partition coefficient (Wildman–Crippen LogP) is 4.12. The molecule has 2 N–H and O–H groups in total. The van der Waals surface area contributed by atoms with Crippen molar-refractivity contribution < 1.29 is 0 Å². The van der Waals surface area contributed by atoms with Crippen molar-refractivity contribution in [1.82, 2.24) is 9.97 Å². The van der Waals surface area contributed by atoms with Crippen molar-refractivity contribution in [2.45, 2.75) is 65.7 Å². The van der Waals surface area contributed by atoms with E-state index in [1.807, 2.05) is 0 Å². The van der Waals surface area contributed by atoms with Gasteiger partial charge in [-0.15, -0.1) is 0 Å². The molecule has 4 heteroatoms. The number of nitrogens with zero attached hydrogens (tertiary/aromatic N) is 2. The van der Waals surface area contributed by atoms with Crippen LogP contribution in [0.15, 0.2) is 0 Å². The first-order valence-electron chi connectivity index (χ1n) is 8.28. The molecule has 1 aliphatic rings. The van der Waals surface area contributed by atoms with E-state index < -0.39 is 0 Å². The SMILES string of the molecule is CCNc1nc(C(C)(C)C)nc(NCCC2CCC2)c1C. The molecule has 0 amide bonds. The van der Waals surface area contributed by atoms with Gasteiger partial charge in [0.25, 0.3) is 0 Å². The molecule has 0 atom stereocenters. The van der Waals surface area contributed by atoms with Crippen molar-refractivity contribution in [2.75, 3.05) is 23.7 Å². The fraction of sp³-hybridized carbons (Fsp3) is 0.765. The zero-order valence-corrected chi connectivity index (χ0v) is 14.2. The summed E-state index contributed by atoms with van der Waals surface area (Å²) in [5.74, 6) is 3.78. The molecule has 1 aromatic heterocycles. The van der Waals surface area contributed by atoms with Gasteiger partial charge < -0.3 is 10.6 Å². The van der Waals surface area contributed by atoms with Gasteiger partial charge in [-0.05, 0) is 26.2 Å². The second-order valence-corrected chi connectivity index (χ2v) is 7.16. The second kappa shape index (κ2) is 6.63. The Kier molecular flexibility index (Phi) is 5.07. The van der Waals surface area contributed by atoms with Crippen LogP contribution in [-0.4, -0.2) is 23.1 Å². The molecule has 21 heavy (non-hydrogen) atoms. The summed E-state index contributed by atoms with van der Waals surface area (Å²) < 4.78 is 0. The number of hydrogen-bond donors (Lipinski definition) is 2. The lowest BCUT2D eigenvalue weighted by molar-refractivity contribution is 0.303. The minimum atomic E-state index is -0.0394. The average Bonchev–Trinajstić information content (AvgIpc) is 2.35. The van der Waals surface area contributed by atoms with Gasteiger partial charge >= 0.3 is 0 Å². The van der Waals surface area contributed by atoms with E-state index in [1.165, 1.54) is 25.7 Å². The van der Waals surface area contributed by atoms with Gasteiger partial charge in [-0.1, -0.05) is 40.0 Å². The van der Waals surface area contributed by atoms with E-state index in [0.29, 0.717) is 0 Å². The second-order valence-electron chi connectivity index (χ2n) is 7.16. The van der Waals surface area contributed by atoms with Gasteiger partial charge in [0.2, 0.25) is 0 Å². The minimum Gasteiger partial charge on any atom is -0.370 e. The summed E-state index contributed by atoms with van der Waals surface area (Å²) >= 11 is 0. The highest BCUT2D eigenvalue weighted by Crippen LogP contribution is 2.30. The van der Waals surface area contributed by atoms with Gasteiger partial charge in [-0.3, -0.25) is 0 Å². The predicted molar refractivity (Wildman–Crippen MR) is 90.1 cm³/mol. The zero-order chi connectivity index (χ0) is 15.5. The number of anilines is 2. The normalized spacial score (nSPS) is 15.7. The maximum Gasteiger partial charge on any atom is 0.138 e. The molecule has 4 nitrogen and oxygen atoms in total. The molecule has 1 fully saturated rings. The van der Waals surface area contributed by atoms with Crippen LogP contribution in [0.3, 0.4) is 0 Å². The van der Waals surface area contributed by atoms with Gasteiger partial charge in [-0.25, -0.2) is 9.97 Å². The van der Waals surface area contributed by atoms with E-state index in [1.54, 1.807) is 0 Å². The van der Waals surface area contributed by atoms with Crippen molar-refractivity contribution in [1.29, 1.82) is 0 Å². The lowest BCUT2D eigenvalue weighted by Gasteiger charge is -2.26. The van der Waals surface area contributed by atoms with Crippen LogP contribution in [0.4, 0.5) is 11.6 Å². The van der Waals surface area contributed by atoms with Crippen LogP contribution in [0.25, 0.3) is 0 Å². The molecule has 0 aromatic carbocycles. The first kappa shape index (κ1) is 16.1. The van der Waals surface area contributed by atoms with Gasteiger partial charge in [0, 0.05) is 24.1 Å². The van der Waals surface area contributed by atoms with Crippen LogP contribution in [0.5, 0.6) is 0 Å². The lowest BCUT2D eigenvalue weighted by atomic mass is 9.83. The molecule has 0 aliphatic heterocycles. The van der Waals surface area contributed by atoms with Crippen LogP contribution in [-0.2, 0) is 5.41 Å². The molecule has 0 unspecified atom stereocenters. The molecule has 0 saturated heterocycles. The highest BCUT2D eigenvalue weighted by atomic mass is 15.1. The Labute approximate surface area is 129 Å². The van der Waals surface area contributed by atoms with Gasteiger partial charge in [0.1, 0.15) is 17.5 Å². The summed E-state index contributed by atoms with van der Waals surface area (Å²) in [6.45, 7) is 12.6. The van der Waals surface area contributed by atoms with E-state index in [2.05, 4.69) is 45.3 Å². The minimum absolute atomic E-state index is 0.0394. The highest BCUT2D eigenvalue weighted by molar-refractivity contribution is 5.57. The third kappa shape index (κ3) is 4.08. The Hall–Kier alpha value is -1.32. The van der Waals surface area contributed by atoms with Gasteiger partial charge in [-0.2, -0.15) is 0 Å². The van der Waals surface area contributed by atoms with Gasteiger partial charge in [0.15, 0.2) is 0 Å². The number of rotatable bonds is 6. The Morgan fingerprint density at radius 1 is 1.10 bits per heavy atom. The van der Waals surface area contributed by atoms with Crippen LogP contribution in [0.2, 0.25) is 0 Å². The lowest BCUT2D eigenvalue weighted by Crippen LogP contribution is -2.21. The maximum absolute atomic E-state index is 4.76. The molecular formula is C17H30N4. The van der Waals surface area contributed by atoms with Crippen molar-refractivity contribution in [2.24, 2.45) is 5.92 Å². The maximum atomic E-state index is 4.76. The van der Waals surface area contributed by atoms with Crippen molar-refractivity contribution in [3.05, 3.63) is 11.4 Å². The molecule has 118 valence electrons. The summed E-state index contributed by atoms with van der Waals surface area (Å²) in [4.78, 5) is 9.47. The quantitative estimate of drug-likeness (QED) is 0.827. The molecule has 0 bridgehead atoms. The first-order valence-corrected chi connectivity index (χ1v) is 8.28. The fourth-order valence-corrected chi connectivity index (χ4v) is 2.54. The Morgan fingerprint density at radius 2 is 1.71 bits per heavy atom. The van der Waals surface area contributed by atoms with Crippen LogP contribution in [0, 0.1) is 12.8 Å². The summed E-state index contributed by atoms with van der Waals surface area (Å²) in [5, 5.41) is 6.89.